The minimum absolute atomic E-state index is 0.0742. The number of rotatable bonds is 3. The lowest BCUT2D eigenvalue weighted by Gasteiger charge is -2.36. The van der Waals surface area contributed by atoms with Gasteiger partial charge in [0.25, 0.3) is 5.91 Å². The molecule has 0 saturated carbocycles. The molecule has 0 aliphatic carbocycles. The Bertz CT molecular complexity index is 579. The maximum atomic E-state index is 12.9. The van der Waals surface area contributed by atoms with Crippen LogP contribution in [0.15, 0.2) is 24.3 Å². The molecule has 0 radical (unpaired) electrons. The van der Waals surface area contributed by atoms with Crippen LogP contribution in [0.3, 0.4) is 0 Å². The highest BCUT2D eigenvalue weighted by molar-refractivity contribution is 5.94. The summed E-state index contributed by atoms with van der Waals surface area (Å²) >= 11 is 0. The third kappa shape index (κ3) is 4.10. The second kappa shape index (κ2) is 7.72. The van der Waals surface area contributed by atoms with Gasteiger partial charge in [0.15, 0.2) is 0 Å². The average molecular weight is 335 g/mol. The molecule has 130 valence electrons. The summed E-state index contributed by atoms with van der Waals surface area (Å²) in [6.45, 7) is 4.08. The predicted octanol–water partition coefficient (Wildman–Crippen LogP) is 0.489. The molecule has 24 heavy (non-hydrogen) atoms. The fourth-order valence-electron chi connectivity index (χ4n) is 3.02. The molecule has 1 unspecified atom stereocenters. The maximum Gasteiger partial charge on any atom is 0.253 e. The highest BCUT2D eigenvalue weighted by Crippen LogP contribution is 2.11. The van der Waals surface area contributed by atoms with Gasteiger partial charge in [-0.3, -0.25) is 9.59 Å². The van der Waals surface area contributed by atoms with E-state index in [0.717, 1.165) is 6.54 Å². The Balaban J connectivity index is 1.48. The third-order valence-corrected chi connectivity index (χ3v) is 4.43. The van der Waals surface area contributed by atoms with Crippen LogP contribution in [0.2, 0.25) is 0 Å². The second-order valence-corrected chi connectivity index (χ2v) is 6.11. The lowest BCUT2D eigenvalue weighted by atomic mass is 10.1. The van der Waals surface area contributed by atoms with Crippen molar-refractivity contribution in [3.05, 3.63) is 35.6 Å². The van der Waals surface area contributed by atoms with Crippen LogP contribution in [-0.2, 0) is 9.53 Å². The Morgan fingerprint density at radius 1 is 1.12 bits per heavy atom. The van der Waals surface area contributed by atoms with Crippen molar-refractivity contribution in [1.82, 2.24) is 15.1 Å². The number of hydrogen-bond donors (Lipinski definition) is 1. The Labute approximate surface area is 140 Å². The Hall–Kier alpha value is -1.99. The molecule has 6 nitrogen and oxygen atoms in total. The van der Waals surface area contributed by atoms with Crippen molar-refractivity contribution in [3.8, 4) is 0 Å². The van der Waals surface area contributed by atoms with E-state index in [2.05, 4.69) is 5.32 Å². The first kappa shape index (κ1) is 16.9. The number of halogens is 1. The zero-order valence-electron chi connectivity index (χ0n) is 13.5. The van der Waals surface area contributed by atoms with Crippen LogP contribution < -0.4 is 5.32 Å². The van der Waals surface area contributed by atoms with Crippen molar-refractivity contribution in [3.63, 3.8) is 0 Å². The van der Waals surface area contributed by atoms with E-state index in [1.165, 1.54) is 24.3 Å². The van der Waals surface area contributed by atoms with Crippen LogP contribution >= 0.6 is 0 Å². The molecular formula is C17H22FN3O3. The molecule has 7 heteroatoms. The fraction of sp³-hybridized carbons (Fsp3) is 0.529. The summed E-state index contributed by atoms with van der Waals surface area (Å²) in [5.41, 5.74) is 0.472. The topological polar surface area (TPSA) is 61.9 Å². The van der Waals surface area contributed by atoms with Crippen LogP contribution in [0.4, 0.5) is 4.39 Å². The number of piperazine rings is 1. The summed E-state index contributed by atoms with van der Waals surface area (Å²) in [6.07, 6.45) is 0.423. The molecule has 2 fully saturated rings. The molecule has 0 aromatic heterocycles. The quantitative estimate of drug-likeness (QED) is 0.873. The Morgan fingerprint density at radius 2 is 1.79 bits per heavy atom. The van der Waals surface area contributed by atoms with Gasteiger partial charge in [-0.05, 0) is 24.3 Å². The van der Waals surface area contributed by atoms with E-state index in [1.54, 1.807) is 9.80 Å². The molecule has 2 aliphatic heterocycles. The van der Waals surface area contributed by atoms with E-state index in [1.807, 2.05) is 0 Å². The van der Waals surface area contributed by atoms with E-state index in [0.29, 0.717) is 51.4 Å². The van der Waals surface area contributed by atoms with Crippen LogP contribution in [0, 0.1) is 5.82 Å². The van der Waals surface area contributed by atoms with Gasteiger partial charge in [0.05, 0.1) is 13.2 Å². The molecule has 2 heterocycles. The monoisotopic (exact) mass is 335 g/mol. The number of morpholine rings is 1. The van der Waals surface area contributed by atoms with Gasteiger partial charge in [-0.2, -0.15) is 0 Å². The molecular weight excluding hydrogens is 313 g/mol. The number of ether oxygens (including phenoxy) is 1. The molecule has 2 aliphatic rings. The van der Waals surface area contributed by atoms with Crippen molar-refractivity contribution < 1.29 is 18.7 Å². The van der Waals surface area contributed by atoms with Crippen molar-refractivity contribution in [2.45, 2.75) is 12.5 Å². The zero-order chi connectivity index (χ0) is 16.9. The van der Waals surface area contributed by atoms with Gasteiger partial charge in [0, 0.05) is 50.7 Å². The van der Waals surface area contributed by atoms with Gasteiger partial charge in [-0.1, -0.05) is 0 Å². The molecule has 0 bridgehead atoms. The van der Waals surface area contributed by atoms with E-state index in [4.69, 9.17) is 4.74 Å². The minimum atomic E-state index is -0.359. The fourth-order valence-corrected chi connectivity index (χ4v) is 3.02. The SMILES string of the molecule is O=C(CC1COCCN1)N1CCN(C(=O)c2ccc(F)cc2)CC1. The summed E-state index contributed by atoms with van der Waals surface area (Å²) in [6, 6.07) is 5.62. The number of amides is 2. The molecule has 2 amide bonds. The number of carbonyl (C=O) groups is 2. The van der Waals surface area contributed by atoms with Crippen molar-refractivity contribution >= 4 is 11.8 Å². The van der Waals surface area contributed by atoms with E-state index < -0.39 is 0 Å². The molecule has 1 aromatic rings. The summed E-state index contributed by atoms with van der Waals surface area (Å²) < 4.78 is 18.3. The highest BCUT2D eigenvalue weighted by Gasteiger charge is 2.26. The molecule has 1 atom stereocenters. The summed E-state index contributed by atoms with van der Waals surface area (Å²) in [7, 11) is 0. The minimum Gasteiger partial charge on any atom is -0.378 e. The van der Waals surface area contributed by atoms with Gasteiger partial charge in [-0.15, -0.1) is 0 Å². The zero-order valence-corrected chi connectivity index (χ0v) is 13.5. The van der Waals surface area contributed by atoms with Gasteiger partial charge in [0.2, 0.25) is 5.91 Å². The summed E-state index contributed by atoms with van der Waals surface area (Å²) in [5.74, 6) is -0.390. The van der Waals surface area contributed by atoms with Crippen LogP contribution in [0.25, 0.3) is 0 Å². The average Bonchev–Trinajstić information content (AvgIpc) is 2.63. The standard InChI is InChI=1S/C17H22FN3O3/c18-14-3-1-13(2-4-14)17(23)21-8-6-20(7-9-21)16(22)11-15-12-24-10-5-19-15/h1-4,15,19H,5-12H2. The number of nitrogens with one attached hydrogen (secondary N) is 1. The second-order valence-electron chi connectivity index (χ2n) is 6.11. The van der Waals surface area contributed by atoms with E-state index in [-0.39, 0.29) is 23.7 Å². The first-order chi connectivity index (χ1) is 11.6. The Kier molecular flexibility index (Phi) is 5.42. The van der Waals surface area contributed by atoms with Crippen molar-refractivity contribution in [1.29, 1.82) is 0 Å². The third-order valence-electron chi connectivity index (χ3n) is 4.43. The molecule has 1 aromatic carbocycles. The first-order valence-corrected chi connectivity index (χ1v) is 8.27. The van der Waals surface area contributed by atoms with Crippen molar-refractivity contribution in [2.75, 3.05) is 45.9 Å². The van der Waals surface area contributed by atoms with E-state index >= 15 is 0 Å². The smallest absolute Gasteiger partial charge is 0.253 e. The molecule has 0 spiro atoms. The molecule has 3 rings (SSSR count). The van der Waals surface area contributed by atoms with Gasteiger partial charge in [0.1, 0.15) is 5.82 Å². The number of benzene rings is 1. The van der Waals surface area contributed by atoms with Gasteiger partial charge in [-0.25, -0.2) is 4.39 Å². The van der Waals surface area contributed by atoms with Gasteiger partial charge < -0.3 is 19.9 Å². The van der Waals surface area contributed by atoms with Gasteiger partial charge >= 0.3 is 0 Å². The number of nitrogens with zero attached hydrogens (tertiary/aromatic N) is 2. The lowest BCUT2D eigenvalue weighted by molar-refractivity contribution is -0.133. The van der Waals surface area contributed by atoms with Crippen LogP contribution in [-0.4, -0.2) is 73.6 Å². The largest absolute Gasteiger partial charge is 0.378 e. The number of hydrogen-bond acceptors (Lipinski definition) is 4. The summed E-state index contributed by atoms with van der Waals surface area (Å²) in [5, 5.41) is 3.27. The highest BCUT2D eigenvalue weighted by atomic mass is 19.1. The number of carbonyl (C=O) groups excluding carboxylic acids is 2. The molecule has 1 N–H and O–H groups in total. The first-order valence-electron chi connectivity index (χ1n) is 8.27. The predicted molar refractivity (Wildman–Crippen MR) is 86.1 cm³/mol. The normalized spacial score (nSPS) is 21.6. The molecule has 2 saturated heterocycles. The lowest BCUT2D eigenvalue weighted by Crippen LogP contribution is -2.52. The summed E-state index contributed by atoms with van der Waals surface area (Å²) in [4.78, 5) is 28.2. The Morgan fingerprint density at radius 3 is 2.42 bits per heavy atom. The van der Waals surface area contributed by atoms with Crippen LogP contribution in [0.1, 0.15) is 16.8 Å². The van der Waals surface area contributed by atoms with E-state index in [9.17, 15) is 14.0 Å². The van der Waals surface area contributed by atoms with Crippen LogP contribution in [0.5, 0.6) is 0 Å². The van der Waals surface area contributed by atoms with Crippen molar-refractivity contribution in [2.24, 2.45) is 0 Å². The maximum absolute atomic E-state index is 12.9.